The van der Waals surface area contributed by atoms with Gasteiger partial charge in [-0.05, 0) is 51.0 Å². The fourth-order valence-electron chi connectivity index (χ4n) is 4.72. The van der Waals surface area contributed by atoms with Gasteiger partial charge >= 0.3 is 5.97 Å². The first kappa shape index (κ1) is 31.7. The molecule has 1 fully saturated rings. The van der Waals surface area contributed by atoms with Crippen molar-refractivity contribution >= 4 is 16.9 Å². The topological polar surface area (TPSA) is 207 Å². The van der Waals surface area contributed by atoms with Gasteiger partial charge < -0.3 is 49.6 Å². The lowest BCUT2D eigenvalue weighted by molar-refractivity contribution is -0.234. The quantitative estimate of drug-likeness (QED) is 0.108. The summed E-state index contributed by atoms with van der Waals surface area (Å²) >= 11 is 0. The molecule has 1 aliphatic heterocycles. The molecule has 0 spiro atoms. The number of ether oxygens (including phenoxy) is 2. The van der Waals surface area contributed by atoms with Crippen LogP contribution in [0.3, 0.4) is 0 Å². The Morgan fingerprint density at radius 2 is 1.74 bits per heavy atom. The highest BCUT2D eigenvalue weighted by Gasteiger charge is 2.46. The second-order valence-electron chi connectivity index (χ2n) is 10.7. The maximum atomic E-state index is 13.0. The fraction of sp³-hybridized carbons (Fsp3) is 0.355. The SMILES string of the molecule is C=C[C@@](C)(O)CCC=C(C)C(=O)OC[C@@H]1O[C@@H](c2c(O)cc3oc(-c4ccc(O)cc4)cc(=O)c3c2O)[C@@H](O)[C@@H](O)[C@H]1O. The molecule has 43 heavy (non-hydrogen) atoms. The van der Waals surface area contributed by atoms with Gasteiger partial charge in [-0.3, -0.25) is 4.79 Å². The van der Waals surface area contributed by atoms with Crippen LogP contribution in [0.15, 0.2) is 69.9 Å². The van der Waals surface area contributed by atoms with E-state index < -0.39 is 71.2 Å². The van der Waals surface area contributed by atoms with E-state index in [9.17, 15) is 45.3 Å². The number of esters is 1. The molecular weight excluding hydrogens is 564 g/mol. The van der Waals surface area contributed by atoms with Crippen LogP contribution in [0.25, 0.3) is 22.3 Å². The predicted molar refractivity (Wildman–Crippen MR) is 153 cm³/mol. The third kappa shape index (κ3) is 6.74. The predicted octanol–water partition coefficient (Wildman–Crippen LogP) is 2.31. The molecule has 230 valence electrons. The number of hydrogen-bond acceptors (Lipinski definition) is 12. The molecule has 0 aliphatic carbocycles. The molecule has 0 unspecified atom stereocenters. The van der Waals surface area contributed by atoms with E-state index in [2.05, 4.69) is 6.58 Å². The Hall–Kier alpha value is -4.20. The number of aliphatic hydroxyl groups excluding tert-OH is 3. The van der Waals surface area contributed by atoms with E-state index in [1.807, 2.05) is 0 Å². The van der Waals surface area contributed by atoms with Crippen LogP contribution in [0.4, 0.5) is 0 Å². The average Bonchev–Trinajstić information content (AvgIpc) is 2.96. The first-order valence-electron chi connectivity index (χ1n) is 13.5. The number of aromatic hydroxyl groups is 3. The smallest absolute Gasteiger partial charge is 0.333 e. The third-order valence-corrected chi connectivity index (χ3v) is 7.40. The van der Waals surface area contributed by atoms with Crippen LogP contribution in [0.5, 0.6) is 17.2 Å². The molecule has 2 heterocycles. The lowest BCUT2D eigenvalue weighted by atomic mass is 9.89. The number of carbonyl (C=O) groups is 1. The molecule has 0 radical (unpaired) electrons. The molecule has 12 heteroatoms. The molecule has 0 amide bonds. The van der Waals surface area contributed by atoms with E-state index in [0.717, 1.165) is 12.1 Å². The molecule has 0 saturated carbocycles. The van der Waals surface area contributed by atoms with E-state index in [4.69, 9.17) is 13.9 Å². The van der Waals surface area contributed by atoms with Crippen molar-refractivity contribution in [2.45, 2.75) is 62.8 Å². The van der Waals surface area contributed by atoms with Crippen molar-refractivity contribution < 1.29 is 54.4 Å². The van der Waals surface area contributed by atoms with Crippen molar-refractivity contribution in [1.82, 2.24) is 0 Å². The van der Waals surface area contributed by atoms with Gasteiger partial charge in [-0.15, -0.1) is 6.58 Å². The fourth-order valence-corrected chi connectivity index (χ4v) is 4.72. The van der Waals surface area contributed by atoms with Crippen LogP contribution < -0.4 is 5.43 Å². The van der Waals surface area contributed by atoms with Gasteiger partial charge in [0.1, 0.15) is 71.1 Å². The highest BCUT2D eigenvalue weighted by Crippen LogP contribution is 2.44. The molecule has 3 aromatic rings. The zero-order valence-electron chi connectivity index (χ0n) is 23.5. The van der Waals surface area contributed by atoms with Crippen LogP contribution in [-0.4, -0.2) is 78.3 Å². The van der Waals surface area contributed by atoms with Crippen molar-refractivity contribution in [3.63, 3.8) is 0 Å². The number of allylic oxidation sites excluding steroid dienone is 1. The lowest BCUT2D eigenvalue weighted by Crippen LogP contribution is -2.55. The van der Waals surface area contributed by atoms with Crippen molar-refractivity contribution in [2.75, 3.05) is 6.61 Å². The van der Waals surface area contributed by atoms with Crippen molar-refractivity contribution in [3.8, 4) is 28.6 Å². The zero-order valence-corrected chi connectivity index (χ0v) is 23.5. The molecule has 4 rings (SSSR count). The van der Waals surface area contributed by atoms with Crippen molar-refractivity contribution in [3.05, 3.63) is 76.5 Å². The maximum Gasteiger partial charge on any atom is 0.333 e. The van der Waals surface area contributed by atoms with Gasteiger partial charge in [0.05, 0.1) is 11.2 Å². The van der Waals surface area contributed by atoms with Gasteiger partial charge in [-0.25, -0.2) is 4.79 Å². The van der Waals surface area contributed by atoms with Crippen LogP contribution in [-0.2, 0) is 14.3 Å². The highest BCUT2D eigenvalue weighted by atomic mass is 16.6. The number of benzene rings is 2. The Bertz CT molecular complexity index is 1590. The van der Waals surface area contributed by atoms with Crippen LogP contribution in [0.1, 0.15) is 38.4 Å². The van der Waals surface area contributed by atoms with Gasteiger partial charge in [0.25, 0.3) is 0 Å². The Morgan fingerprint density at radius 1 is 1.07 bits per heavy atom. The number of phenolic OH excluding ortho intramolecular Hbond substituents is 3. The molecule has 7 N–H and O–H groups in total. The summed E-state index contributed by atoms with van der Waals surface area (Å²) in [7, 11) is 0. The van der Waals surface area contributed by atoms with Crippen LogP contribution >= 0.6 is 0 Å². The van der Waals surface area contributed by atoms with Gasteiger partial charge in [-0.2, -0.15) is 0 Å². The van der Waals surface area contributed by atoms with Gasteiger partial charge in [0.2, 0.25) is 0 Å². The summed E-state index contributed by atoms with van der Waals surface area (Å²) < 4.78 is 16.7. The highest BCUT2D eigenvalue weighted by molar-refractivity contribution is 5.88. The number of rotatable bonds is 9. The Morgan fingerprint density at radius 3 is 2.40 bits per heavy atom. The second-order valence-corrected chi connectivity index (χ2v) is 10.7. The van der Waals surface area contributed by atoms with Gasteiger partial charge in [0, 0.05) is 23.3 Å². The monoisotopic (exact) mass is 598 g/mol. The molecule has 6 atom stereocenters. The number of hydrogen-bond donors (Lipinski definition) is 7. The van der Waals surface area contributed by atoms with E-state index in [0.29, 0.717) is 18.4 Å². The van der Waals surface area contributed by atoms with Crippen molar-refractivity contribution in [2.24, 2.45) is 0 Å². The summed E-state index contributed by atoms with van der Waals surface area (Å²) in [6, 6.07) is 7.92. The zero-order chi connectivity index (χ0) is 31.6. The lowest BCUT2D eigenvalue weighted by Gasteiger charge is -2.40. The molecule has 1 aromatic heterocycles. The molecule has 12 nitrogen and oxygen atoms in total. The van der Waals surface area contributed by atoms with E-state index >= 15 is 0 Å². The standard InChI is InChI=1S/C31H34O12/c1-4-31(3,40)11-5-6-15(2)30(39)41-14-22-25(35)27(37)28(38)29(43-22)24-19(34)13-21-23(26(24)36)18(33)12-20(42-21)16-7-9-17(32)10-8-16/h4,6-10,12-13,22,25,27-29,32,34-38,40H,1,5,11,14H2,2-3H3/t22-,25-,27-,28-,29-,31+/m0/s1. The third-order valence-electron chi connectivity index (χ3n) is 7.40. The summed E-state index contributed by atoms with van der Waals surface area (Å²) in [5.74, 6) is -2.09. The number of aliphatic hydroxyl groups is 4. The molecule has 1 saturated heterocycles. The molecule has 1 aliphatic rings. The summed E-state index contributed by atoms with van der Waals surface area (Å²) in [5, 5.41) is 72.8. The summed E-state index contributed by atoms with van der Waals surface area (Å²) in [6.07, 6.45) is -4.86. The Labute approximate surface area is 246 Å². The minimum Gasteiger partial charge on any atom is -0.508 e. The summed E-state index contributed by atoms with van der Waals surface area (Å²) in [5.41, 5.74) is -1.79. The van der Waals surface area contributed by atoms with Gasteiger partial charge in [0.15, 0.2) is 5.43 Å². The van der Waals surface area contributed by atoms with E-state index in [-0.39, 0.29) is 28.1 Å². The normalized spacial score (nSPS) is 24.0. The molecular formula is C31H34O12. The van der Waals surface area contributed by atoms with Crippen LogP contribution in [0, 0.1) is 0 Å². The van der Waals surface area contributed by atoms with Crippen LogP contribution in [0.2, 0.25) is 0 Å². The van der Waals surface area contributed by atoms with Crippen molar-refractivity contribution in [1.29, 1.82) is 0 Å². The Kier molecular flexibility index (Phi) is 9.28. The minimum atomic E-state index is -1.86. The van der Waals surface area contributed by atoms with E-state index in [1.165, 1.54) is 37.3 Å². The number of fused-ring (bicyclic) bond motifs is 1. The molecule has 2 aromatic carbocycles. The second kappa shape index (κ2) is 12.6. The minimum absolute atomic E-state index is 0.000664. The first-order valence-corrected chi connectivity index (χ1v) is 13.5. The Balaban J connectivity index is 1.58. The maximum absolute atomic E-state index is 13.0. The van der Waals surface area contributed by atoms with Gasteiger partial charge in [-0.1, -0.05) is 12.2 Å². The number of carbonyl (C=O) groups excluding carboxylic acids is 1. The summed E-state index contributed by atoms with van der Waals surface area (Å²) in [6.45, 7) is 6.05. The van der Waals surface area contributed by atoms with E-state index in [1.54, 1.807) is 13.0 Å². The largest absolute Gasteiger partial charge is 0.508 e. The summed E-state index contributed by atoms with van der Waals surface area (Å²) in [4.78, 5) is 25.5. The molecule has 0 bridgehead atoms. The number of phenols is 3. The first-order chi connectivity index (χ1) is 20.2. The average molecular weight is 599 g/mol.